The summed E-state index contributed by atoms with van der Waals surface area (Å²) in [6.45, 7) is 1.38. The average Bonchev–Trinajstić information content (AvgIpc) is 3.13. The van der Waals surface area contributed by atoms with Crippen molar-refractivity contribution in [3.8, 4) is 0 Å². The molecule has 8 heteroatoms. The van der Waals surface area contributed by atoms with Crippen molar-refractivity contribution in [1.82, 2.24) is 5.32 Å². The number of rotatable bonds is 8. The Morgan fingerprint density at radius 1 is 1.18 bits per heavy atom. The van der Waals surface area contributed by atoms with Gasteiger partial charge in [0.1, 0.15) is 5.69 Å². The Morgan fingerprint density at radius 3 is 2.75 bits per heavy atom. The SMILES string of the molecule is O=C(CCNc1ccccc1[N+](=O)[O-])NCc1cccc(N2CCCC2=O)c1. The molecule has 2 aromatic carbocycles. The summed E-state index contributed by atoms with van der Waals surface area (Å²) >= 11 is 0. The van der Waals surface area contributed by atoms with Gasteiger partial charge in [0.15, 0.2) is 0 Å². The van der Waals surface area contributed by atoms with Gasteiger partial charge in [-0.1, -0.05) is 24.3 Å². The maximum atomic E-state index is 12.1. The predicted octanol–water partition coefficient (Wildman–Crippen LogP) is 2.84. The second-order valence-corrected chi connectivity index (χ2v) is 6.55. The molecule has 0 atom stereocenters. The molecule has 0 aromatic heterocycles. The van der Waals surface area contributed by atoms with E-state index in [9.17, 15) is 19.7 Å². The summed E-state index contributed by atoms with van der Waals surface area (Å²) in [5.41, 5.74) is 2.14. The van der Waals surface area contributed by atoms with Crippen molar-refractivity contribution in [2.24, 2.45) is 0 Å². The van der Waals surface area contributed by atoms with E-state index in [2.05, 4.69) is 10.6 Å². The molecule has 2 aromatic rings. The quantitative estimate of drug-likeness (QED) is 0.540. The zero-order valence-corrected chi connectivity index (χ0v) is 15.4. The van der Waals surface area contributed by atoms with Crippen molar-refractivity contribution in [2.45, 2.75) is 25.8 Å². The number of nitrogens with one attached hydrogen (secondary N) is 2. The molecule has 1 aliphatic heterocycles. The van der Waals surface area contributed by atoms with Gasteiger partial charge >= 0.3 is 0 Å². The van der Waals surface area contributed by atoms with Gasteiger partial charge in [0.2, 0.25) is 11.8 Å². The van der Waals surface area contributed by atoms with Gasteiger partial charge in [-0.2, -0.15) is 0 Å². The van der Waals surface area contributed by atoms with Crippen LogP contribution in [0.5, 0.6) is 0 Å². The van der Waals surface area contributed by atoms with E-state index in [-0.39, 0.29) is 23.9 Å². The van der Waals surface area contributed by atoms with Crippen molar-refractivity contribution >= 4 is 28.9 Å². The van der Waals surface area contributed by atoms with Crippen LogP contribution in [0.1, 0.15) is 24.8 Å². The lowest BCUT2D eigenvalue weighted by molar-refractivity contribution is -0.384. The lowest BCUT2D eigenvalue weighted by atomic mass is 10.2. The van der Waals surface area contributed by atoms with E-state index < -0.39 is 4.92 Å². The minimum atomic E-state index is -0.458. The Balaban J connectivity index is 1.47. The Hall–Kier alpha value is -3.42. The summed E-state index contributed by atoms with van der Waals surface area (Å²) in [7, 11) is 0. The number of para-hydroxylation sites is 2. The molecule has 1 aliphatic rings. The Labute approximate surface area is 162 Å². The third kappa shape index (κ3) is 4.85. The van der Waals surface area contributed by atoms with Crippen LogP contribution in [0.4, 0.5) is 17.1 Å². The molecule has 0 bridgehead atoms. The number of hydrogen-bond donors (Lipinski definition) is 2. The smallest absolute Gasteiger partial charge is 0.292 e. The van der Waals surface area contributed by atoms with E-state index >= 15 is 0 Å². The van der Waals surface area contributed by atoms with E-state index in [1.807, 2.05) is 24.3 Å². The van der Waals surface area contributed by atoms with Crippen LogP contribution >= 0.6 is 0 Å². The molecule has 0 unspecified atom stereocenters. The topological polar surface area (TPSA) is 105 Å². The van der Waals surface area contributed by atoms with Gasteiger partial charge in [0.05, 0.1) is 4.92 Å². The largest absolute Gasteiger partial charge is 0.379 e. The number of nitro benzene ring substituents is 1. The summed E-state index contributed by atoms with van der Waals surface area (Å²) in [5, 5.41) is 16.7. The summed E-state index contributed by atoms with van der Waals surface area (Å²) < 4.78 is 0. The van der Waals surface area contributed by atoms with Crippen molar-refractivity contribution in [3.63, 3.8) is 0 Å². The van der Waals surface area contributed by atoms with Crippen LogP contribution in [0.3, 0.4) is 0 Å². The van der Waals surface area contributed by atoms with E-state index in [1.54, 1.807) is 23.1 Å². The normalized spacial score (nSPS) is 13.4. The highest BCUT2D eigenvalue weighted by Crippen LogP contribution is 2.23. The Bertz CT molecular complexity index is 884. The number of nitro groups is 1. The van der Waals surface area contributed by atoms with Crippen LogP contribution in [0.15, 0.2) is 48.5 Å². The molecule has 2 amide bonds. The van der Waals surface area contributed by atoms with Crippen molar-refractivity contribution in [1.29, 1.82) is 0 Å². The molecule has 1 saturated heterocycles. The standard InChI is InChI=1S/C20H22N4O4/c25-19(10-11-21-17-7-1-2-8-18(17)24(27)28)22-14-15-5-3-6-16(13-15)23-12-4-9-20(23)26/h1-3,5-8,13,21H,4,9-12,14H2,(H,22,25). The highest BCUT2D eigenvalue weighted by atomic mass is 16.6. The molecule has 0 saturated carbocycles. The van der Waals surface area contributed by atoms with Crippen molar-refractivity contribution < 1.29 is 14.5 Å². The molecule has 8 nitrogen and oxygen atoms in total. The lowest BCUT2D eigenvalue weighted by Gasteiger charge is -2.16. The molecular weight excluding hydrogens is 360 g/mol. The second-order valence-electron chi connectivity index (χ2n) is 6.55. The first kappa shape index (κ1) is 19.3. The van der Waals surface area contributed by atoms with Crippen LogP contribution < -0.4 is 15.5 Å². The highest BCUT2D eigenvalue weighted by molar-refractivity contribution is 5.95. The first-order chi connectivity index (χ1) is 13.5. The fourth-order valence-corrected chi connectivity index (χ4v) is 3.14. The molecule has 2 N–H and O–H groups in total. The molecule has 146 valence electrons. The van der Waals surface area contributed by atoms with E-state index in [4.69, 9.17) is 0 Å². The number of benzene rings is 2. The molecule has 0 radical (unpaired) electrons. The number of carbonyl (C=O) groups excluding carboxylic acids is 2. The van der Waals surface area contributed by atoms with E-state index in [1.165, 1.54) is 6.07 Å². The molecule has 0 spiro atoms. The van der Waals surface area contributed by atoms with E-state index in [0.717, 1.165) is 24.2 Å². The summed E-state index contributed by atoms with van der Waals surface area (Å²) in [6.07, 6.45) is 1.64. The zero-order valence-electron chi connectivity index (χ0n) is 15.4. The zero-order chi connectivity index (χ0) is 19.9. The number of anilines is 2. The summed E-state index contributed by atoms with van der Waals surface area (Å²) in [6, 6.07) is 13.9. The number of nitrogens with zero attached hydrogens (tertiary/aromatic N) is 2. The lowest BCUT2D eigenvalue weighted by Crippen LogP contribution is -2.26. The molecule has 1 heterocycles. The van der Waals surface area contributed by atoms with Gasteiger partial charge in [-0.3, -0.25) is 19.7 Å². The minimum absolute atomic E-state index is 0.0174. The average molecular weight is 382 g/mol. The molecule has 28 heavy (non-hydrogen) atoms. The number of amides is 2. The van der Waals surface area contributed by atoms with Crippen molar-refractivity contribution in [3.05, 3.63) is 64.2 Å². The predicted molar refractivity (Wildman–Crippen MR) is 106 cm³/mol. The fraction of sp³-hybridized carbons (Fsp3) is 0.300. The second kappa shape index (κ2) is 8.98. The molecule has 3 rings (SSSR count). The van der Waals surface area contributed by atoms with E-state index in [0.29, 0.717) is 25.2 Å². The van der Waals surface area contributed by atoms with Gasteiger partial charge < -0.3 is 15.5 Å². The third-order valence-electron chi connectivity index (χ3n) is 4.55. The van der Waals surface area contributed by atoms with Crippen LogP contribution in [0.25, 0.3) is 0 Å². The first-order valence-corrected chi connectivity index (χ1v) is 9.18. The Kier molecular flexibility index (Phi) is 6.21. The van der Waals surface area contributed by atoms with Gasteiger partial charge in [-0.15, -0.1) is 0 Å². The van der Waals surface area contributed by atoms with Crippen LogP contribution in [0, 0.1) is 10.1 Å². The minimum Gasteiger partial charge on any atom is -0.379 e. The number of carbonyl (C=O) groups is 2. The molecule has 1 fully saturated rings. The van der Waals surface area contributed by atoms with Gasteiger partial charge in [0.25, 0.3) is 5.69 Å². The monoisotopic (exact) mass is 382 g/mol. The van der Waals surface area contributed by atoms with Crippen LogP contribution in [0.2, 0.25) is 0 Å². The maximum absolute atomic E-state index is 12.1. The summed E-state index contributed by atoms with van der Waals surface area (Å²) in [5.74, 6) is -0.0315. The maximum Gasteiger partial charge on any atom is 0.292 e. The fourth-order valence-electron chi connectivity index (χ4n) is 3.14. The van der Waals surface area contributed by atoms with Crippen LogP contribution in [-0.4, -0.2) is 29.8 Å². The summed E-state index contributed by atoms with van der Waals surface area (Å²) in [4.78, 5) is 36.2. The van der Waals surface area contributed by atoms with Crippen LogP contribution in [-0.2, 0) is 16.1 Å². The Morgan fingerprint density at radius 2 is 2.00 bits per heavy atom. The van der Waals surface area contributed by atoms with Crippen molar-refractivity contribution in [2.75, 3.05) is 23.3 Å². The number of hydrogen-bond acceptors (Lipinski definition) is 5. The molecular formula is C20H22N4O4. The molecule has 0 aliphatic carbocycles. The highest BCUT2D eigenvalue weighted by Gasteiger charge is 2.21. The third-order valence-corrected chi connectivity index (χ3v) is 4.55. The van der Waals surface area contributed by atoms with Gasteiger partial charge in [-0.05, 0) is 30.2 Å². The van der Waals surface area contributed by atoms with Gasteiger partial charge in [-0.25, -0.2) is 0 Å². The first-order valence-electron chi connectivity index (χ1n) is 9.18. The van der Waals surface area contributed by atoms with Gasteiger partial charge in [0, 0.05) is 44.2 Å².